The maximum Gasteiger partial charge on any atom is 0.195 e. The summed E-state index contributed by atoms with van der Waals surface area (Å²) in [5.74, 6) is 1.82. The summed E-state index contributed by atoms with van der Waals surface area (Å²) in [7, 11) is 0. The first-order chi connectivity index (χ1) is 20.3. The summed E-state index contributed by atoms with van der Waals surface area (Å²) in [5.41, 5.74) is 9.16. The Morgan fingerprint density at radius 2 is 1.69 bits per heavy atom. The van der Waals surface area contributed by atoms with Gasteiger partial charge < -0.3 is 20.9 Å². The van der Waals surface area contributed by atoms with Gasteiger partial charge in [0.25, 0.3) is 0 Å². The monoisotopic (exact) mass is 569 g/mol. The minimum Gasteiger partial charge on any atom is -0.382 e. The lowest BCUT2D eigenvalue weighted by Crippen LogP contribution is -2.53. The number of rotatable bonds is 8. The molecule has 3 aromatic carbocycles. The van der Waals surface area contributed by atoms with Crippen molar-refractivity contribution >= 4 is 28.4 Å². The van der Waals surface area contributed by atoms with Gasteiger partial charge in [-0.1, -0.05) is 38.1 Å². The van der Waals surface area contributed by atoms with Crippen LogP contribution in [0.1, 0.15) is 25.0 Å². The van der Waals surface area contributed by atoms with Crippen molar-refractivity contribution in [3.63, 3.8) is 0 Å². The van der Waals surface area contributed by atoms with E-state index >= 15 is 0 Å². The van der Waals surface area contributed by atoms with Crippen molar-refractivity contribution in [2.45, 2.75) is 33.0 Å². The molecule has 11 heteroatoms. The van der Waals surface area contributed by atoms with Crippen LogP contribution >= 0.6 is 0 Å². The second-order valence-corrected chi connectivity index (χ2v) is 11.0. The van der Waals surface area contributed by atoms with Gasteiger partial charge in [-0.15, -0.1) is 10.2 Å². The molecule has 0 radical (unpaired) electrons. The van der Waals surface area contributed by atoms with Gasteiger partial charge in [0.15, 0.2) is 23.3 Å². The molecule has 2 aromatic heterocycles. The molecule has 1 fully saturated rings. The summed E-state index contributed by atoms with van der Waals surface area (Å²) >= 11 is 0. The summed E-state index contributed by atoms with van der Waals surface area (Å²) < 4.78 is 28.4. The van der Waals surface area contributed by atoms with E-state index in [-0.39, 0.29) is 17.7 Å². The average molecular weight is 570 g/mol. The molecule has 1 saturated heterocycles. The van der Waals surface area contributed by atoms with Crippen LogP contribution in [-0.4, -0.2) is 51.1 Å². The molecule has 3 heterocycles. The summed E-state index contributed by atoms with van der Waals surface area (Å²) in [6.45, 7) is 7.27. The fourth-order valence-electron chi connectivity index (χ4n) is 5.36. The van der Waals surface area contributed by atoms with Crippen molar-refractivity contribution in [1.82, 2.24) is 30.7 Å². The maximum absolute atomic E-state index is 14.2. The smallest absolute Gasteiger partial charge is 0.195 e. The van der Waals surface area contributed by atoms with Crippen LogP contribution in [0, 0.1) is 17.6 Å². The van der Waals surface area contributed by atoms with E-state index in [1.54, 1.807) is 12.1 Å². The molecule has 5 aromatic rings. The molecule has 216 valence electrons. The Labute approximate surface area is 242 Å². The zero-order valence-electron chi connectivity index (χ0n) is 23.6. The minimum absolute atomic E-state index is 0.256. The van der Waals surface area contributed by atoms with Gasteiger partial charge in [-0.25, -0.2) is 13.8 Å². The average Bonchev–Trinajstić information content (AvgIpc) is 3.36. The third-order valence-corrected chi connectivity index (χ3v) is 7.64. The number of halogens is 2. The van der Waals surface area contributed by atoms with Crippen molar-refractivity contribution in [3.8, 4) is 11.4 Å². The zero-order chi connectivity index (χ0) is 29.2. The molecular formula is C31H33F2N9. The van der Waals surface area contributed by atoms with Gasteiger partial charge in [-0.05, 0) is 59.5 Å². The number of fused-ring (bicyclic) bond motifs is 1. The molecule has 1 aliphatic rings. The fourth-order valence-corrected chi connectivity index (χ4v) is 5.36. The van der Waals surface area contributed by atoms with Crippen LogP contribution in [0.4, 0.5) is 26.2 Å². The first-order valence-corrected chi connectivity index (χ1v) is 14.0. The van der Waals surface area contributed by atoms with Gasteiger partial charge in [-0.3, -0.25) is 5.10 Å². The van der Waals surface area contributed by atoms with E-state index in [1.807, 2.05) is 35.2 Å². The van der Waals surface area contributed by atoms with Gasteiger partial charge in [-0.2, -0.15) is 5.10 Å². The topological polar surface area (TPSA) is 112 Å². The fraction of sp³-hybridized carbons (Fsp3) is 0.290. The van der Waals surface area contributed by atoms with Crippen molar-refractivity contribution < 1.29 is 8.78 Å². The van der Waals surface area contributed by atoms with Crippen LogP contribution in [-0.2, 0) is 13.1 Å². The Morgan fingerprint density at radius 1 is 0.976 bits per heavy atom. The molecule has 0 unspecified atom stereocenters. The Kier molecular flexibility index (Phi) is 7.66. The minimum atomic E-state index is -0.325. The predicted octanol–water partition coefficient (Wildman–Crippen LogP) is 4.92. The van der Waals surface area contributed by atoms with Crippen LogP contribution in [0.2, 0.25) is 0 Å². The number of benzene rings is 3. The number of hydrogen-bond acceptors (Lipinski definition) is 8. The van der Waals surface area contributed by atoms with Crippen LogP contribution in [0.15, 0.2) is 66.7 Å². The Balaban J connectivity index is 1.46. The van der Waals surface area contributed by atoms with E-state index in [2.05, 4.69) is 39.4 Å². The van der Waals surface area contributed by atoms with Crippen molar-refractivity contribution in [2.24, 2.45) is 5.92 Å². The summed E-state index contributed by atoms with van der Waals surface area (Å²) in [6, 6.07) is 18.9. The maximum atomic E-state index is 14.2. The number of anilines is 3. The third-order valence-electron chi connectivity index (χ3n) is 7.64. The lowest BCUT2D eigenvalue weighted by molar-refractivity contribution is 0.367. The van der Waals surface area contributed by atoms with Gasteiger partial charge in [0.2, 0.25) is 0 Å². The second-order valence-electron chi connectivity index (χ2n) is 11.0. The van der Waals surface area contributed by atoms with Crippen LogP contribution in [0.3, 0.4) is 0 Å². The highest BCUT2D eigenvalue weighted by Crippen LogP contribution is 2.32. The van der Waals surface area contributed by atoms with E-state index in [9.17, 15) is 8.78 Å². The first-order valence-electron chi connectivity index (χ1n) is 14.0. The highest BCUT2D eigenvalue weighted by molar-refractivity contribution is 5.91. The number of hydrogen-bond donors (Lipinski definition) is 3. The molecule has 0 bridgehead atoms. The van der Waals surface area contributed by atoms with Crippen molar-refractivity contribution in [2.75, 3.05) is 35.2 Å². The van der Waals surface area contributed by atoms with E-state index < -0.39 is 0 Å². The predicted molar refractivity (Wildman–Crippen MR) is 161 cm³/mol. The summed E-state index contributed by atoms with van der Waals surface area (Å²) in [6.07, 6.45) is 0. The van der Waals surface area contributed by atoms with E-state index in [1.165, 1.54) is 24.3 Å². The largest absolute Gasteiger partial charge is 0.382 e. The molecule has 1 aliphatic heterocycles. The Hall–Kier alpha value is -4.64. The van der Waals surface area contributed by atoms with Crippen LogP contribution in [0.25, 0.3) is 22.3 Å². The van der Waals surface area contributed by atoms with Gasteiger partial charge >= 0.3 is 0 Å². The zero-order valence-corrected chi connectivity index (χ0v) is 23.6. The molecule has 1 atom stereocenters. The normalized spacial score (nSPS) is 15.5. The molecule has 0 amide bonds. The lowest BCUT2D eigenvalue weighted by Gasteiger charge is -2.38. The summed E-state index contributed by atoms with van der Waals surface area (Å²) in [5, 5.41) is 20.7. The number of nitrogens with one attached hydrogen (secondary N) is 2. The lowest BCUT2D eigenvalue weighted by atomic mass is 10.0. The number of piperazine rings is 1. The highest BCUT2D eigenvalue weighted by atomic mass is 19.1. The van der Waals surface area contributed by atoms with Crippen LogP contribution in [0.5, 0.6) is 0 Å². The number of H-pyrrole nitrogens is 1. The van der Waals surface area contributed by atoms with Crippen molar-refractivity contribution in [1.29, 1.82) is 0 Å². The van der Waals surface area contributed by atoms with E-state index in [0.717, 1.165) is 47.2 Å². The molecule has 0 spiro atoms. The Morgan fingerprint density at radius 3 is 2.36 bits per heavy atom. The third kappa shape index (κ3) is 5.87. The number of aromatic nitrogens is 5. The molecular weight excluding hydrogens is 536 g/mol. The van der Waals surface area contributed by atoms with Crippen molar-refractivity contribution in [3.05, 3.63) is 89.5 Å². The van der Waals surface area contributed by atoms with E-state index in [4.69, 9.17) is 15.8 Å². The number of nitrogen functional groups attached to an aromatic ring is 1. The molecule has 0 aliphatic carbocycles. The quantitative estimate of drug-likeness (QED) is 0.242. The Bertz CT molecular complexity index is 1660. The van der Waals surface area contributed by atoms with E-state index in [0.29, 0.717) is 42.3 Å². The second kappa shape index (κ2) is 11.7. The SMILES string of the molecule is CC(C)[C@H]1CN(c2nc(-c3ccc4[nH]nc(N)c4c3)nnc2N(Cc2cccc(F)c2)Cc2cccc(F)c2)CCN1. The van der Waals surface area contributed by atoms with Crippen LogP contribution < -0.4 is 20.9 Å². The van der Waals surface area contributed by atoms with Gasteiger partial charge in [0.1, 0.15) is 11.6 Å². The molecule has 0 saturated carbocycles. The number of aromatic amines is 1. The first kappa shape index (κ1) is 27.5. The molecule has 42 heavy (non-hydrogen) atoms. The standard InChI is InChI=1S/C31H33F2N9/c1-19(2)27-18-41(12-11-35-27)30-31(40-39-29(36-30)22-9-10-26-25(15-22)28(34)38-37-26)42(16-20-5-3-7-23(32)13-20)17-21-6-4-8-24(33)14-21/h3-10,13-15,19,27,35H,11-12,16-18H2,1-2H3,(H3,34,37,38)/t27-/m1/s1. The summed E-state index contributed by atoms with van der Waals surface area (Å²) in [4.78, 5) is 9.29. The molecule has 9 nitrogen and oxygen atoms in total. The number of nitrogens with zero attached hydrogens (tertiary/aromatic N) is 6. The highest BCUT2D eigenvalue weighted by Gasteiger charge is 2.28. The molecule has 6 rings (SSSR count). The van der Waals surface area contributed by atoms with Gasteiger partial charge in [0.05, 0.1) is 5.52 Å². The van der Waals surface area contributed by atoms with Gasteiger partial charge in [0, 0.05) is 49.7 Å². The number of nitrogens with two attached hydrogens (primary N) is 1. The molecule has 4 N–H and O–H groups in total.